The Hall–Kier alpha value is -1.97. The zero-order valence-electron chi connectivity index (χ0n) is 10.6. The van der Waals surface area contributed by atoms with Crippen LogP contribution in [0.3, 0.4) is 0 Å². The standard InChI is InChI=1S/C16H12ClFN2/c17-13-6-5-11(8-14(13)18)16(19)12-4-3-10-2-1-7-20-15(10)9-12/h1-9,16H,19H2. The third kappa shape index (κ3) is 2.38. The van der Waals surface area contributed by atoms with Crippen molar-refractivity contribution >= 4 is 22.5 Å². The number of hydrogen-bond donors (Lipinski definition) is 1. The predicted octanol–water partition coefficient (Wildman–Crippen LogP) is 4.08. The molecule has 0 aliphatic carbocycles. The van der Waals surface area contributed by atoms with Crippen LogP contribution >= 0.6 is 11.6 Å². The van der Waals surface area contributed by atoms with Crippen LogP contribution in [0.25, 0.3) is 10.9 Å². The van der Waals surface area contributed by atoms with E-state index < -0.39 is 11.9 Å². The highest BCUT2D eigenvalue weighted by Gasteiger charge is 2.12. The molecule has 2 aromatic carbocycles. The van der Waals surface area contributed by atoms with Crippen LogP contribution in [0, 0.1) is 5.82 Å². The van der Waals surface area contributed by atoms with Gasteiger partial charge in [-0.25, -0.2) is 4.39 Å². The molecule has 0 aliphatic heterocycles. The lowest BCUT2D eigenvalue weighted by Gasteiger charge is -2.13. The summed E-state index contributed by atoms with van der Waals surface area (Å²) in [5.41, 5.74) is 8.63. The Balaban J connectivity index is 2.02. The van der Waals surface area contributed by atoms with Crippen LogP contribution in [-0.4, -0.2) is 4.98 Å². The van der Waals surface area contributed by atoms with Crippen molar-refractivity contribution in [2.24, 2.45) is 5.73 Å². The van der Waals surface area contributed by atoms with Gasteiger partial charge in [0.2, 0.25) is 0 Å². The van der Waals surface area contributed by atoms with Crippen molar-refractivity contribution in [2.75, 3.05) is 0 Å². The number of halogens is 2. The van der Waals surface area contributed by atoms with Crippen LogP contribution < -0.4 is 5.73 Å². The van der Waals surface area contributed by atoms with Crippen molar-refractivity contribution < 1.29 is 4.39 Å². The number of aromatic nitrogens is 1. The van der Waals surface area contributed by atoms with E-state index in [0.29, 0.717) is 5.56 Å². The zero-order chi connectivity index (χ0) is 14.1. The SMILES string of the molecule is NC(c1ccc(Cl)c(F)c1)c1ccc2cccnc2c1. The highest BCUT2D eigenvalue weighted by molar-refractivity contribution is 6.30. The first kappa shape index (κ1) is 13.0. The molecule has 0 fully saturated rings. The van der Waals surface area contributed by atoms with Crippen molar-refractivity contribution in [1.82, 2.24) is 4.98 Å². The largest absolute Gasteiger partial charge is 0.320 e. The molecule has 0 saturated heterocycles. The van der Waals surface area contributed by atoms with Crippen LogP contribution in [0.1, 0.15) is 17.2 Å². The van der Waals surface area contributed by atoms with Crippen LogP contribution in [0.5, 0.6) is 0 Å². The van der Waals surface area contributed by atoms with Crippen LogP contribution in [-0.2, 0) is 0 Å². The maximum Gasteiger partial charge on any atom is 0.142 e. The summed E-state index contributed by atoms with van der Waals surface area (Å²) in [5.74, 6) is -0.460. The van der Waals surface area contributed by atoms with E-state index in [9.17, 15) is 4.39 Å². The van der Waals surface area contributed by atoms with Crippen molar-refractivity contribution in [3.05, 3.63) is 76.7 Å². The molecule has 0 radical (unpaired) electrons. The molecule has 2 nitrogen and oxygen atoms in total. The minimum atomic E-state index is -0.460. The number of pyridine rings is 1. The second-order valence-corrected chi connectivity index (χ2v) is 5.01. The van der Waals surface area contributed by atoms with Crippen LogP contribution in [0.2, 0.25) is 5.02 Å². The maximum atomic E-state index is 13.5. The van der Waals surface area contributed by atoms with Gasteiger partial charge in [-0.15, -0.1) is 0 Å². The van der Waals surface area contributed by atoms with Crippen molar-refractivity contribution in [3.63, 3.8) is 0 Å². The summed E-state index contributed by atoms with van der Waals surface area (Å²) in [6, 6.07) is 13.9. The molecule has 100 valence electrons. The first-order chi connectivity index (χ1) is 9.65. The summed E-state index contributed by atoms with van der Waals surface area (Å²) in [7, 11) is 0. The van der Waals surface area contributed by atoms with Gasteiger partial charge in [0.1, 0.15) is 5.82 Å². The van der Waals surface area contributed by atoms with Gasteiger partial charge < -0.3 is 5.73 Å². The second kappa shape index (κ2) is 5.19. The minimum absolute atomic E-state index is 0.0983. The average Bonchev–Trinajstić information content (AvgIpc) is 2.49. The molecule has 1 aromatic heterocycles. The van der Waals surface area contributed by atoms with E-state index in [-0.39, 0.29) is 5.02 Å². The molecular weight excluding hydrogens is 275 g/mol. The molecule has 4 heteroatoms. The molecule has 1 atom stereocenters. The Morgan fingerprint density at radius 2 is 1.80 bits per heavy atom. The minimum Gasteiger partial charge on any atom is -0.320 e. The van der Waals surface area contributed by atoms with Gasteiger partial charge >= 0.3 is 0 Å². The van der Waals surface area contributed by atoms with E-state index in [0.717, 1.165) is 16.5 Å². The lowest BCUT2D eigenvalue weighted by molar-refractivity contribution is 0.624. The monoisotopic (exact) mass is 286 g/mol. The Labute approximate surface area is 121 Å². The number of nitrogens with two attached hydrogens (primary N) is 1. The van der Waals surface area contributed by atoms with Gasteiger partial charge in [-0.2, -0.15) is 0 Å². The number of nitrogens with zero attached hydrogens (tertiary/aromatic N) is 1. The van der Waals surface area contributed by atoms with Crippen molar-refractivity contribution in [2.45, 2.75) is 6.04 Å². The molecule has 1 unspecified atom stereocenters. The van der Waals surface area contributed by atoms with E-state index >= 15 is 0 Å². The highest BCUT2D eigenvalue weighted by atomic mass is 35.5. The second-order valence-electron chi connectivity index (χ2n) is 4.61. The molecule has 0 bridgehead atoms. The Morgan fingerprint density at radius 1 is 1.05 bits per heavy atom. The highest BCUT2D eigenvalue weighted by Crippen LogP contribution is 2.25. The predicted molar refractivity (Wildman–Crippen MR) is 79.2 cm³/mol. The van der Waals surface area contributed by atoms with E-state index in [1.807, 2.05) is 30.3 Å². The smallest absolute Gasteiger partial charge is 0.142 e. The van der Waals surface area contributed by atoms with Crippen LogP contribution in [0.15, 0.2) is 54.7 Å². The van der Waals surface area contributed by atoms with Crippen molar-refractivity contribution in [3.8, 4) is 0 Å². The molecule has 0 saturated carbocycles. The van der Waals surface area contributed by atoms with Crippen molar-refractivity contribution in [1.29, 1.82) is 0 Å². The van der Waals surface area contributed by atoms with Gasteiger partial charge in [-0.3, -0.25) is 4.98 Å². The molecule has 3 rings (SSSR count). The first-order valence-corrected chi connectivity index (χ1v) is 6.58. The Bertz CT molecular complexity index is 773. The van der Waals surface area contributed by atoms with Gasteiger partial charge in [-0.05, 0) is 35.4 Å². The van der Waals surface area contributed by atoms with Crippen LogP contribution in [0.4, 0.5) is 4.39 Å². The third-order valence-corrected chi connectivity index (χ3v) is 3.60. The topological polar surface area (TPSA) is 38.9 Å². The fraction of sp³-hybridized carbons (Fsp3) is 0.0625. The maximum absolute atomic E-state index is 13.5. The lowest BCUT2D eigenvalue weighted by atomic mass is 9.98. The first-order valence-electron chi connectivity index (χ1n) is 6.20. The number of hydrogen-bond acceptors (Lipinski definition) is 2. The summed E-state index contributed by atoms with van der Waals surface area (Å²) >= 11 is 5.68. The van der Waals surface area contributed by atoms with E-state index in [1.165, 1.54) is 12.1 Å². The van der Waals surface area contributed by atoms with E-state index in [1.54, 1.807) is 12.3 Å². The molecule has 20 heavy (non-hydrogen) atoms. The van der Waals surface area contributed by atoms with Gasteiger partial charge in [0.25, 0.3) is 0 Å². The molecule has 0 spiro atoms. The molecule has 2 N–H and O–H groups in total. The third-order valence-electron chi connectivity index (χ3n) is 3.29. The number of benzene rings is 2. The van der Waals surface area contributed by atoms with E-state index in [2.05, 4.69) is 4.98 Å². The number of fused-ring (bicyclic) bond motifs is 1. The lowest BCUT2D eigenvalue weighted by Crippen LogP contribution is -2.12. The normalized spacial score (nSPS) is 12.6. The quantitative estimate of drug-likeness (QED) is 0.771. The van der Waals surface area contributed by atoms with Gasteiger partial charge in [0.15, 0.2) is 0 Å². The molecule has 3 aromatic rings. The summed E-state index contributed by atoms with van der Waals surface area (Å²) in [6.45, 7) is 0. The Kier molecular flexibility index (Phi) is 3.38. The Morgan fingerprint density at radius 3 is 2.60 bits per heavy atom. The summed E-state index contributed by atoms with van der Waals surface area (Å²) in [6.07, 6.45) is 1.74. The summed E-state index contributed by atoms with van der Waals surface area (Å²) < 4.78 is 13.5. The molecule has 1 heterocycles. The number of rotatable bonds is 2. The molecular formula is C16H12ClFN2. The van der Waals surface area contributed by atoms with E-state index in [4.69, 9.17) is 17.3 Å². The average molecular weight is 287 g/mol. The fourth-order valence-corrected chi connectivity index (χ4v) is 2.29. The summed E-state index contributed by atoms with van der Waals surface area (Å²) in [4.78, 5) is 4.30. The molecule has 0 aliphatic rings. The summed E-state index contributed by atoms with van der Waals surface area (Å²) in [5, 5.41) is 1.15. The van der Waals surface area contributed by atoms with Gasteiger partial charge in [-0.1, -0.05) is 35.9 Å². The molecule has 0 amide bonds. The van der Waals surface area contributed by atoms with Gasteiger partial charge in [0, 0.05) is 11.6 Å². The fourth-order valence-electron chi connectivity index (χ4n) is 2.18. The van der Waals surface area contributed by atoms with Gasteiger partial charge in [0.05, 0.1) is 16.6 Å². The zero-order valence-corrected chi connectivity index (χ0v) is 11.3.